The Labute approximate surface area is 87.8 Å². The van der Waals surface area contributed by atoms with E-state index < -0.39 is 0 Å². The Hall–Kier alpha value is -0.0800. The molecule has 2 rings (SSSR count). The molecule has 1 aliphatic heterocycles. The highest BCUT2D eigenvalue weighted by atomic mass is 15.2. The van der Waals surface area contributed by atoms with E-state index in [1.54, 1.807) is 0 Å². The van der Waals surface area contributed by atoms with Gasteiger partial charge in [0.25, 0.3) is 0 Å². The van der Waals surface area contributed by atoms with Crippen molar-refractivity contribution in [2.24, 2.45) is 17.6 Å². The highest BCUT2D eigenvalue weighted by molar-refractivity contribution is 4.92. The van der Waals surface area contributed by atoms with Gasteiger partial charge in [0.05, 0.1) is 0 Å². The number of nitrogens with zero attached hydrogens (tertiary/aromatic N) is 1. The third-order valence-corrected chi connectivity index (χ3v) is 4.54. The van der Waals surface area contributed by atoms with Gasteiger partial charge < -0.3 is 5.73 Å². The maximum absolute atomic E-state index is 5.85. The normalized spacial score (nSPS) is 44.8. The lowest BCUT2D eigenvalue weighted by Gasteiger charge is -2.33. The Bertz CT molecular complexity index is 191. The van der Waals surface area contributed by atoms with Crippen molar-refractivity contribution in [2.75, 3.05) is 13.1 Å². The number of hydrogen-bond donors (Lipinski definition) is 1. The van der Waals surface area contributed by atoms with Crippen LogP contribution in [0.1, 0.15) is 39.5 Å². The van der Waals surface area contributed by atoms with E-state index >= 15 is 0 Å². The summed E-state index contributed by atoms with van der Waals surface area (Å²) in [7, 11) is 0. The Morgan fingerprint density at radius 2 is 2.00 bits per heavy atom. The molecule has 2 heteroatoms. The van der Waals surface area contributed by atoms with Crippen LogP contribution in [0.3, 0.4) is 0 Å². The molecule has 0 bridgehead atoms. The third-order valence-electron chi connectivity index (χ3n) is 4.54. The Morgan fingerprint density at radius 3 is 2.57 bits per heavy atom. The first-order valence-corrected chi connectivity index (χ1v) is 6.20. The van der Waals surface area contributed by atoms with Crippen molar-refractivity contribution in [2.45, 2.75) is 51.6 Å². The van der Waals surface area contributed by atoms with Crippen molar-refractivity contribution in [3.05, 3.63) is 0 Å². The molecule has 0 radical (unpaired) electrons. The lowest BCUT2D eigenvalue weighted by atomic mass is 10.00. The van der Waals surface area contributed by atoms with E-state index in [0.29, 0.717) is 0 Å². The summed E-state index contributed by atoms with van der Waals surface area (Å²) in [5.74, 6) is 1.66. The fourth-order valence-corrected chi connectivity index (χ4v) is 3.32. The summed E-state index contributed by atoms with van der Waals surface area (Å²) in [5.41, 5.74) is 5.85. The van der Waals surface area contributed by atoms with E-state index in [2.05, 4.69) is 18.7 Å². The van der Waals surface area contributed by atoms with Gasteiger partial charge >= 0.3 is 0 Å². The van der Waals surface area contributed by atoms with Gasteiger partial charge in [-0.3, -0.25) is 4.90 Å². The second kappa shape index (κ2) is 4.19. The SMILES string of the molecule is CC1CCN(C2CCCC2CN)C1C. The maximum atomic E-state index is 5.85. The monoisotopic (exact) mass is 196 g/mol. The first-order chi connectivity index (χ1) is 6.74. The molecule has 0 aromatic rings. The molecule has 2 nitrogen and oxygen atoms in total. The van der Waals surface area contributed by atoms with Gasteiger partial charge in [0.15, 0.2) is 0 Å². The van der Waals surface area contributed by atoms with Gasteiger partial charge in [-0.25, -0.2) is 0 Å². The van der Waals surface area contributed by atoms with Gasteiger partial charge in [0.2, 0.25) is 0 Å². The van der Waals surface area contributed by atoms with Crippen molar-refractivity contribution in [1.82, 2.24) is 4.90 Å². The highest BCUT2D eigenvalue weighted by Crippen LogP contribution is 2.35. The third kappa shape index (κ3) is 1.70. The Morgan fingerprint density at radius 1 is 1.21 bits per heavy atom. The molecule has 4 atom stereocenters. The van der Waals surface area contributed by atoms with E-state index in [9.17, 15) is 0 Å². The number of hydrogen-bond acceptors (Lipinski definition) is 2. The summed E-state index contributed by atoms with van der Waals surface area (Å²) in [6.07, 6.45) is 5.52. The van der Waals surface area contributed by atoms with Gasteiger partial charge in [-0.05, 0) is 51.1 Å². The van der Waals surface area contributed by atoms with Crippen LogP contribution in [-0.2, 0) is 0 Å². The summed E-state index contributed by atoms with van der Waals surface area (Å²) in [4.78, 5) is 2.73. The highest BCUT2D eigenvalue weighted by Gasteiger charge is 2.37. The zero-order valence-electron chi connectivity index (χ0n) is 9.58. The van der Waals surface area contributed by atoms with Crippen molar-refractivity contribution in [3.63, 3.8) is 0 Å². The molecule has 0 spiro atoms. The Balaban J connectivity index is 2.00. The average molecular weight is 196 g/mol. The van der Waals surface area contributed by atoms with Crippen LogP contribution >= 0.6 is 0 Å². The molecule has 4 unspecified atom stereocenters. The van der Waals surface area contributed by atoms with Crippen LogP contribution < -0.4 is 5.73 Å². The summed E-state index contributed by atoms with van der Waals surface area (Å²) in [6, 6.07) is 1.59. The van der Waals surface area contributed by atoms with Crippen LogP contribution in [-0.4, -0.2) is 30.1 Å². The molecule has 1 saturated carbocycles. The Kier molecular flexibility index (Phi) is 3.13. The molecular weight excluding hydrogens is 172 g/mol. The molecule has 82 valence electrons. The minimum Gasteiger partial charge on any atom is -0.330 e. The van der Waals surface area contributed by atoms with Crippen molar-refractivity contribution < 1.29 is 0 Å². The zero-order chi connectivity index (χ0) is 10.1. The summed E-state index contributed by atoms with van der Waals surface area (Å²) >= 11 is 0. The summed E-state index contributed by atoms with van der Waals surface area (Å²) in [6.45, 7) is 6.98. The van der Waals surface area contributed by atoms with E-state index in [4.69, 9.17) is 5.73 Å². The first kappa shape index (κ1) is 10.4. The maximum Gasteiger partial charge on any atom is 0.0138 e. The van der Waals surface area contributed by atoms with Crippen LogP contribution in [0, 0.1) is 11.8 Å². The fourth-order valence-electron chi connectivity index (χ4n) is 3.32. The molecule has 1 saturated heterocycles. The van der Waals surface area contributed by atoms with Crippen LogP contribution in [0.2, 0.25) is 0 Å². The van der Waals surface area contributed by atoms with Crippen LogP contribution in [0.4, 0.5) is 0 Å². The largest absolute Gasteiger partial charge is 0.330 e. The molecule has 1 heterocycles. The molecule has 2 fully saturated rings. The lowest BCUT2D eigenvalue weighted by molar-refractivity contribution is 0.145. The minimum absolute atomic E-state index is 0.780. The molecule has 2 aliphatic rings. The molecule has 0 aromatic carbocycles. The standard InChI is InChI=1S/C12H24N2/c1-9-6-7-14(10(9)2)12-5-3-4-11(12)8-13/h9-12H,3-8,13H2,1-2H3. The van der Waals surface area contributed by atoms with E-state index in [-0.39, 0.29) is 0 Å². The summed E-state index contributed by atoms with van der Waals surface area (Å²) < 4.78 is 0. The van der Waals surface area contributed by atoms with Gasteiger partial charge in [-0.2, -0.15) is 0 Å². The second-order valence-corrected chi connectivity index (χ2v) is 5.24. The lowest BCUT2D eigenvalue weighted by Crippen LogP contribution is -2.43. The van der Waals surface area contributed by atoms with Gasteiger partial charge in [0, 0.05) is 12.1 Å². The molecule has 0 amide bonds. The topological polar surface area (TPSA) is 29.3 Å². The van der Waals surface area contributed by atoms with Gasteiger partial charge in [-0.1, -0.05) is 13.3 Å². The van der Waals surface area contributed by atoms with Gasteiger partial charge in [-0.15, -0.1) is 0 Å². The molecule has 0 aromatic heterocycles. The first-order valence-electron chi connectivity index (χ1n) is 6.20. The molecular formula is C12H24N2. The van der Waals surface area contributed by atoms with E-state index in [0.717, 1.165) is 30.5 Å². The predicted molar refractivity (Wildman–Crippen MR) is 60.1 cm³/mol. The minimum atomic E-state index is 0.780. The number of likely N-dealkylation sites (tertiary alicyclic amines) is 1. The van der Waals surface area contributed by atoms with Crippen LogP contribution in [0.5, 0.6) is 0 Å². The predicted octanol–water partition coefficient (Wildman–Crippen LogP) is 1.84. The van der Waals surface area contributed by atoms with E-state index in [1.165, 1.54) is 32.2 Å². The van der Waals surface area contributed by atoms with Gasteiger partial charge in [0.1, 0.15) is 0 Å². The van der Waals surface area contributed by atoms with Crippen LogP contribution in [0.25, 0.3) is 0 Å². The van der Waals surface area contributed by atoms with E-state index in [1.807, 2.05) is 0 Å². The van der Waals surface area contributed by atoms with Crippen molar-refractivity contribution >= 4 is 0 Å². The quantitative estimate of drug-likeness (QED) is 0.730. The zero-order valence-corrected chi connectivity index (χ0v) is 9.58. The smallest absolute Gasteiger partial charge is 0.0138 e. The fraction of sp³-hybridized carbons (Fsp3) is 1.00. The van der Waals surface area contributed by atoms with Crippen molar-refractivity contribution in [1.29, 1.82) is 0 Å². The molecule has 1 aliphatic carbocycles. The second-order valence-electron chi connectivity index (χ2n) is 5.24. The average Bonchev–Trinajstić information content (AvgIpc) is 2.75. The number of nitrogens with two attached hydrogens (primary N) is 1. The molecule has 2 N–H and O–H groups in total. The van der Waals surface area contributed by atoms with Crippen LogP contribution in [0.15, 0.2) is 0 Å². The molecule has 14 heavy (non-hydrogen) atoms. The number of rotatable bonds is 2. The summed E-state index contributed by atoms with van der Waals surface area (Å²) in [5, 5.41) is 0. The van der Waals surface area contributed by atoms with Crippen molar-refractivity contribution in [3.8, 4) is 0 Å².